The van der Waals surface area contributed by atoms with Crippen LogP contribution >= 0.6 is 0 Å². The van der Waals surface area contributed by atoms with Crippen LogP contribution in [0.2, 0.25) is 0 Å². The number of benzene rings is 2. The zero-order valence-corrected chi connectivity index (χ0v) is 19.6. The number of carbonyl (C=O) groups is 2. The first kappa shape index (κ1) is 28.0. The number of halogens is 1. The van der Waals surface area contributed by atoms with Gasteiger partial charge in [-0.15, -0.1) is 0 Å². The quantitative estimate of drug-likeness (QED) is 0.412. The highest BCUT2D eigenvalue weighted by Crippen LogP contribution is 2.07. The third-order valence-electron chi connectivity index (χ3n) is 4.93. The summed E-state index contributed by atoms with van der Waals surface area (Å²) in [6.07, 6.45) is 8.26. The first-order chi connectivity index (χ1) is 14.1. The Kier molecular flexibility index (Phi) is 16.7. The van der Waals surface area contributed by atoms with Gasteiger partial charge in [-0.25, -0.2) is 0 Å². The maximum Gasteiger partial charge on any atom is 0.233 e. The lowest BCUT2D eigenvalue weighted by atomic mass is 10.0. The number of ketones is 2. The van der Waals surface area contributed by atoms with E-state index in [2.05, 4.69) is 20.8 Å². The van der Waals surface area contributed by atoms with E-state index in [1.807, 2.05) is 17.0 Å². The zero-order chi connectivity index (χ0) is 21.3. The fourth-order valence-electron chi connectivity index (χ4n) is 3.10. The fraction of sp³-hybridized carbons (Fsp3) is 0.462. The molecule has 0 amide bonds. The van der Waals surface area contributed by atoms with Crippen LogP contribution in [0.1, 0.15) is 80.0 Å². The minimum Gasteiger partial charge on any atom is -1.00 e. The summed E-state index contributed by atoms with van der Waals surface area (Å²) < 4.78 is 0. The van der Waals surface area contributed by atoms with Gasteiger partial charge in [0.15, 0.2) is 0 Å². The van der Waals surface area contributed by atoms with Crippen LogP contribution in [0.15, 0.2) is 60.7 Å². The first-order valence-electron chi connectivity index (χ1n) is 11.2. The highest BCUT2D eigenvalue weighted by molar-refractivity contribution is 6.49. The number of unbranched alkanes of at least 4 members (excludes halogenated alkanes) is 3. The lowest BCUT2D eigenvalue weighted by Crippen LogP contribution is -3.12. The molecule has 166 valence electrons. The van der Waals surface area contributed by atoms with Crippen LogP contribution in [0.3, 0.4) is 0 Å². The fourth-order valence-corrected chi connectivity index (χ4v) is 3.10. The molecule has 1 N–H and O–H groups in total. The molecule has 0 bridgehead atoms. The highest BCUT2D eigenvalue weighted by atomic mass is 35.5. The van der Waals surface area contributed by atoms with Gasteiger partial charge in [0.05, 0.1) is 19.6 Å². The van der Waals surface area contributed by atoms with Crippen LogP contribution < -0.4 is 17.3 Å². The van der Waals surface area contributed by atoms with E-state index in [1.165, 1.54) is 58.2 Å². The second-order valence-electron chi connectivity index (χ2n) is 7.45. The molecule has 0 spiro atoms. The van der Waals surface area contributed by atoms with Crippen molar-refractivity contribution >= 4 is 11.6 Å². The maximum atomic E-state index is 11.8. The molecule has 0 saturated carbocycles. The summed E-state index contributed by atoms with van der Waals surface area (Å²) in [5.74, 6) is -0.932. The molecule has 0 fully saturated rings. The molecule has 0 aromatic heterocycles. The minimum atomic E-state index is -0.466. The van der Waals surface area contributed by atoms with Crippen molar-refractivity contribution in [3.8, 4) is 0 Å². The number of rotatable bonds is 12. The van der Waals surface area contributed by atoms with E-state index >= 15 is 0 Å². The van der Waals surface area contributed by atoms with Crippen LogP contribution in [0.25, 0.3) is 0 Å². The van der Waals surface area contributed by atoms with Gasteiger partial charge in [-0.2, -0.15) is 0 Å². The maximum absolute atomic E-state index is 11.8. The molecule has 30 heavy (non-hydrogen) atoms. The Bertz CT molecular complexity index is 620. The van der Waals surface area contributed by atoms with Gasteiger partial charge < -0.3 is 17.3 Å². The number of quaternary nitrogens is 1. The largest absolute Gasteiger partial charge is 1.00 e. The summed E-state index contributed by atoms with van der Waals surface area (Å²) in [6, 6.07) is 17.2. The number of Topliss-reactive ketones (excluding diaryl/α,β-unsaturated/α-hetero) is 2. The van der Waals surface area contributed by atoms with E-state index < -0.39 is 11.6 Å². The SMILES string of the molecule is CCCC[NH+](CCCC)CCCC.O=C(C(=O)c1ccccc1)c1ccccc1.[Cl-]. The van der Waals surface area contributed by atoms with E-state index in [4.69, 9.17) is 0 Å². The van der Waals surface area contributed by atoms with Crippen molar-refractivity contribution in [1.82, 2.24) is 0 Å². The molecule has 2 aromatic rings. The van der Waals surface area contributed by atoms with Gasteiger partial charge in [-0.3, -0.25) is 9.59 Å². The molecule has 3 nitrogen and oxygen atoms in total. The third kappa shape index (κ3) is 11.3. The number of carbonyl (C=O) groups excluding carboxylic acids is 2. The second-order valence-corrected chi connectivity index (χ2v) is 7.45. The standard InChI is InChI=1S/C14H10O2.C12H27N.ClH/c15-13(11-7-3-1-4-8-11)14(16)12-9-5-2-6-10-12;1-4-7-10-13(11-8-5-2)12-9-6-3;/h1-10H;4-12H2,1-3H3;1H. The predicted molar refractivity (Wildman–Crippen MR) is 122 cm³/mol. The topological polar surface area (TPSA) is 38.6 Å². The van der Waals surface area contributed by atoms with Crippen LogP contribution in [0.5, 0.6) is 0 Å². The summed E-state index contributed by atoms with van der Waals surface area (Å²) in [5.41, 5.74) is 0.854. The van der Waals surface area contributed by atoms with Gasteiger partial charge in [0, 0.05) is 11.1 Å². The van der Waals surface area contributed by atoms with Crippen molar-refractivity contribution in [2.75, 3.05) is 19.6 Å². The Morgan fingerprint density at radius 1 is 0.600 bits per heavy atom. The van der Waals surface area contributed by atoms with Gasteiger partial charge in [0.25, 0.3) is 0 Å². The van der Waals surface area contributed by atoms with Gasteiger partial charge in [0.1, 0.15) is 0 Å². The van der Waals surface area contributed by atoms with E-state index in [0.29, 0.717) is 11.1 Å². The summed E-state index contributed by atoms with van der Waals surface area (Å²) in [5, 5.41) is 0. The van der Waals surface area contributed by atoms with Gasteiger partial charge in [-0.05, 0) is 19.3 Å². The molecule has 4 heteroatoms. The lowest BCUT2D eigenvalue weighted by Gasteiger charge is -2.18. The molecular formula is C26H38ClNO2. The van der Waals surface area contributed by atoms with Gasteiger partial charge >= 0.3 is 0 Å². The van der Waals surface area contributed by atoms with Crippen LogP contribution in [-0.2, 0) is 0 Å². The van der Waals surface area contributed by atoms with Crippen molar-refractivity contribution in [2.24, 2.45) is 0 Å². The smallest absolute Gasteiger partial charge is 0.233 e. The average molecular weight is 432 g/mol. The minimum absolute atomic E-state index is 0. The van der Waals surface area contributed by atoms with Crippen molar-refractivity contribution in [2.45, 2.75) is 59.3 Å². The van der Waals surface area contributed by atoms with E-state index in [1.54, 1.807) is 48.5 Å². The Morgan fingerprint density at radius 2 is 0.900 bits per heavy atom. The molecule has 0 radical (unpaired) electrons. The average Bonchev–Trinajstić information content (AvgIpc) is 2.79. The molecule has 0 atom stereocenters. The number of nitrogens with one attached hydrogen (secondary N) is 1. The van der Waals surface area contributed by atoms with E-state index in [-0.39, 0.29) is 12.4 Å². The molecule has 0 aliphatic heterocycles. The Labute approximate surface area is 189 Å². The summed E-state index contributed by atoms with van der Waals surface area (Å²) in [6.45, 7) is 11.1. The van der Waals surface area contributed by atoms with E-state index in [0.717, 1.165) is 0 Å². The second kappa shape index (κ2) is 17.9. The predicted octanol–water partition coefficient (Wildman–Crippen LogP) is 2.03. The molecule has 0 aliphatic carbocycles. The molecule has 0 saturated heterocycles. The van der Waals surface area contributed by atoms with Crippen molar-refractivity contribution in [1.29, 1.82) is 0 Å². The van der Waals surface area contributed by atoms with Crippen molar-refractivity contribution < 1.29 is 26.9 Å². The van der Waals surface area contributed by atoms with E-state index in [9.17, 15) is 9.59 Å². The van der Waals surface area contributed by atoms with Gasteiger partial charge in [-0.1, -0.05) is 101 Å². The highest BCUT2D eigenvalue weighted by Gasteiger charge is 2.17. The molecule has 0 unspecified atom stereocenters. The summed E-state index contributed by atoms with van der Waals surface area (Å²) >= 11 is 0. The monoisotopic (exact) mass is 431 g/mol. The molecular weight excluding hydrogens is 394 g/mol. The summed E-state index contributed by atoms with van der Waals surface area (Å²) in [7, 11) is 0. The Balaban J connectivity index is 0.000000557. The van der Waals surface area contributed by atoms with Crippen LogP contribution in [-0.4, -0.2) is 31.2 Å². The normalized spacial score (nSPS) is 10.0. The van der Waals surface area contributed by atoms with Crippen molar-refractivity contribution in [3.05, 3.63) is 71.8 Å². The molecule has 2 aromatic carbocycles. The molecule has 2 rings (SSSR count). The lowest BCUT2D eigenvalue weighted by molar-refractivity contribution is -0.900. The first-order valence-corrected chi connectivity index (χ1v) is 11.2. The third-order valence-corrected chi connectivity index (χ3v) is 4.93. The molecule has 0 aliphatic rings. The number of hydrogen-bond acceptors (Lipinski definition) is 2. The summed E-state index contributed by atoms with van der Waals surface area (Å²) in [4.78, 5) is 25.4. The van der Waals surface area contributed by atoms with Crippen LogP contribution in [0.4, 0.5) is 0 Å². The number of hydrogen-bond donors (Lipinski definition) is 1. The molecule has 0 heterocycles. The van der Waals surface area contributed by atoms with Crippen LogP contribution in [0, 0.1) is 0 Å². The zero-order valence-electron chi connectivity index (χ0n) is 18.8. The Hall–Kier alpha value is -1.97. The van der Waals surface area contributed by atoms with Crippen molar-refractivity contribution in [3.63, 3.8) is 0 Å². The Morgan fingerprint density at radius 3 is 1.17 bits per heavy atom. The van der Waals surface area contributed by atoms with Gasteiger partial charge in [0.2, 0.25) is 11.6 Å².